The molecule has 0 radical (unpaired) electrons. The summed E-state index contributed by atoms with van der Waals surface area (Å²) in [6.45, 7) is 2.10. The lowest BCUT2D eigenvalue weighted by Crippen LogP contribution is -2.45. The van der Waals surface area contributed by atoms with Gasteiger partial charge in [0, 0.05) is 12.1 Å². The number of para-hydroxylation sites is 1. The van der Waals surface area contributed by atoms with Crippen molar-refractivity contribution in [2.24, 2.45) is 0 Å². The Balaban J connectivity index is 1.85. The molecule has 6 nitrogen and oxygen atoms in total. The third-order valence-corrected chi connectivity index (χ3v) is 5.35. The van der Waals surface area contributed by atoms with Crippen LogP contribution in [0.4, 0.5) is 10.5 Å². The van der Waals surface area contributed by atoms with Gasteiger partial charge in [-0.2, -0.15) is 0 Å². The number of sulfonamides is 1. The van der Waals surface area contributed by atoms with E-state index in [0.717, 1.165) is 5.56 Å². The topological polar surface area (TPSA) is 86.7 Å². The van der Waals surface area contributed by atoms with Crippen LogP contribution >= 0.6 is 0 Å². The molecule has 0 aliphatic carbocycles. The third-order valence-electron chi connectivity index (χ3n) is 4.01. The average molecular weight is 346 g/mol. The molecule has 1 aliphatic heterocycles. The summed E-state index contributed by atoms with van der Waals surface area (Å²) in [6, 6.07) is 12.5. The summed E-state index contributed by atoms with van der Waals surface area (Å²) in [6.07, 6.45) is -0.298. The summed E-state index contributed by atoms with van der Waals surface area (Å²) in [5, 5.41) is 10.0. The van der Waals surface area contributed by atoms with Crippen LogP contribution in [-0.2, 0) is 10.0 Å². The van der Waals surface area contributed by atoms with Crippen molar-refractivity contribution in [1.82, 2.24) is 4.72 Å². The van der Waals surface area contributed by atoms with Gasteiger partial charge in [0.15, 0.2) is 0 Å². The number of aliphatic hydroxyl groups is 1. The zero-order valence-electron chi connectivity index (χ0n) is 13.1. The Morgan fingerprint density at radius 1 is 1.17 bits per heavy atom. The zero-order chi connectivity index (χ0) is 17.3. The van der Waals surface area contributed by atoms with Gasteiger partial charge in [-0.05, 0) is 31.5 Å². The fourth-order valence-electron chi connectivity index (χ4n) is 2.70. The Morgan fingerprint density at radius 3 is 2.54 bits per heavy atom. The first-order valence-corrected chi connectivity index (χ1v) is 9.05. The molecule has 0 saturated carbocycles. The van der Waals surface area contributed by atoms with Crippen molar-refractivity contribution in [2.75, 3.05) is 11.4 Å². The zero-order valence-corrected chi connectivity index (χ0v) is 14.0. The monoisotopic (exact) mass is 346 g/mol. The molecular weight excluding hydrogens is 328 g/mol. The van der Waals surface area contributed by atoms with Gasteiger partial charge in [-0.3, -0.25) is 4.90 Å². The second kappa shape index (κ2) is 6.26. The fraction of sp³-hybridized carbons (Fsp3) is 0.235. The molecule has 2 aromatic carbocycles. The van der Waals surface area contributed by atoms with Crippen LogP contribution in [0, 0.1) is 6.92 Å². The number of nitrogens with zero attached hydrogens (tertiary/aromatic N) is 1. The summed E-state index contributed by atoms with van der Waals surface area (Å²) < 4.78 is 26.8. The van der Waals surface area contributed by atoms with Crippen molar-refractivity contribution >= 4 is 21.7 Å². The van der Waals surface area contributed by atoms with Crippen molar-refractivity contribution in [3.8, 4) is 0 Å². The molecular formula is C17H18N2O4S. The summed E-state index contributed by atoms with van der Waals surface area (Å²) in [5.41, 5.74) is 2.07. The molecule has 1 heterocycles. The van der Waals surface area contributed by atoms with E-state index in [2.05, 4.69) is 4.72 Å². The number of nitrogens with one attached hydrogen (secondary N) is 1. The highest BCUT2D eigenvalue weighted by atomic mass is 32.2. The molecule has 1 aliphatic rings. The number of benzene rings is 2. The minimum atomic E-state index is -3.95. The van der Waals surface area contributed by atoms with Crippen molar-refractivity contribution in [1.29, 1.82) is 0 Å². The van der Waals surface area contributed by atoms with Crippen molar-refractivity contribution in [3.63, 3.8) is 0 Å². The first kappa shape index (κ1) is 16.5. The minimum absolute atomic E-state index is 0.0341. The Morgan fingerprint density at radius 2 is 1.83 bits per heavy atom. The Labute approximate surface area is 140 Å². The minimum Gasteiger partial charge on any atom is -0.388 e. The summed E-state index contributed by atoms with van der Waals surface area (Å²) in [5.74, 6) is 0. The molecule has 0 aromatic heterocycles. The van der Waals surface area contributed by atoms with Gasteiger partial charge < -0.3 is 5.11 Å². The Kier molecular flexibility index (Phi) is 4.29. The number of hydrogen-bond donors (Lipinski definition) is 2. The highest BCUT2D eigenvalue weighted by Gasteiger charge is 2.29. The average Bonchev–Trinajstić information content (AvgIpc) is 2.55. The standard InChI is InChI=1S/C17H18N2O4S/c1-12-6-8-13(9-7-12)24(22,23)18-17(21)19-11-10-16(20)14-4-2-3-5-15(14)19/h2-9,16,20H,10-11H2,1H3,(H,18,21). The number of amides is 2. The van der Waals surface area contributed by atoms with Gasteiger partial charge >= 0.3 is 6.03 Å². The molecule has 2 aromatic rings. The van der Waals surface area contributed by atoms with Crippen LogP contribution in [0.15, 0.2) is 53.4 Å². The van der Waals surface area contributed by atoms with E-state index < -0.39 is 22.2 Å². The molecule has 1 unspecified atom stereocenters. The van der Waals surface area contributed by atoms with Crippen molar-refractivity contribution in [3.05, 3.63) is 59.7 Å². The molecule has 0 fully saturated rings. The molecule has 126 valence electrons. The van der Waals surface area contributed by atoms with Gasteiger partial charge in [0.1, 0.15) is 0 Å². The number of fused-ring (bicyclic) bond motifs is 1. The lowest BCUT2D eigenvalue weighted by Gasteiger charge is -2.31. The van der Waals surface area contributed by atoms with Gasteiger partial charge in [-0.1, -0.05) is 35.9 Å². The normalized spacial score (nSPS) is 17.2. The number of carbonyl (C=O) groups is 1. The quantitative estimate of drug-likeness (QED) is 0.874. The van der Waals surface area contributed by atoms with Crippen LogP contribution in [0.5, 0.6) is 0 Å². The van der Waals surface area contributed by atoms with Crippen LogP contribution < -0.4 is 9.62 Å². The maximum Gasteiger partial charge on any atom is 0.335 e. The van der Waals surface area contributed by atoms with E-state index in [1.807, 2.05) is 6.92 Å². The second-order valence-corrected chi connectivity index (χ2v) is 7.42. The van der Waals surface area contributed by atoms with Crippen LogP contribution in [0.3, 0.4) is 0 Å². The molecule has 0 bridgehead atoms. The summed E-state index contributed by atoms with van der Waals surface area (Å²) in [7, 11) is -3.95. The summed E-state index contributed by atoms with van der Waals surface area (Å²) >= 11 is 0. The van der Waals surface area contributed by atoms with Crippen LogP contribution in [0.2, 0.25) is 0 Å². The molecule has 24 heavy (non-hydrogen) atoms. The van der Waals surface area contributed by atoms with Crippen molar-refractivity contribution < 1.29 is 18.3 Å². The third kappa shape index (κ3) is 3.13. The van der Waals surface area contributed by atoms with Crippen LogP contribution in [0.25, 0.3) is 0 Å². The van der Waals surface area contributed by atoms with Gasteiger partial charge in [-0.25, -0.2) is 17.9 Å². The van der Waals surface area contributed by atoms with Crippen LogP contribution in [-0.4, -0.2) is 26.1 Å². The number of rotatable bonds is 2. The lowest BCUT2D eigenvalue weighted by molar-refractivity contribution is 0.164. The predicted molar refractivity (Wildman–Crippen MR) is 90.3 cm³/mol. The van der Waals surface area contributed by atoms with Gasteiger partial charge in [0.05, 0.1) is 16.7 Å². The number of aliphatic hydroxyl groups excluding tert-OH is 1. The number of carbonyl (C=O) groups excluding carboxylic acids is 1. The van der Waals surface area contributed by atoms with Gasteiger partial charge in [0.25, 0.3) is 10.0 Å². The van der Waals surface area contributed by atoms with E-state index in [9.17, 15) is 18.3 Å². The summed E-state index contributed by atoms with van der Waals surface area (Å²) in [4.78, 5) is 13.9. The van der Waals surface area contributed by atoms with Gasteiger partial charge in [-0.15, -0.1) is 0 Å². The molecule has 0 spiro atoms. The first-order chi connectivity index (χ1) is 11.4. The van der Waals surface area contributed by atoms with E-state index in [1.165, 1.54) is 17.0 Å². The molecule has 3 rings (SSSR count). The second-order valence-electron chi connectivity index (χ2n) is 5.74. The first-order valence-electron chi connectivity index (χ1n) is 7.56. The lowest BCUT2D eigenvalue weighted by atomic mass is 9.99. The molecule has 0 saturated heterocycles. The Hall–Kier alpha value is -2.38. The maximum absolute atomic E-state index is 12.5. The molecule has 2 N–H and O–H groups in total. The molecule has 2 amide bonds. The highest BCUT2D eigenvalue weighted by molar-refractivity contribution is 7.90. The van der Waals surface area contributed by atoms with Gasteiger partial charge in [0.2, 0.25) is 0 Å². The van der Waals surface area contributed by atoms with E-state index in [-0.39, 0.29) is 11.4 Å². The number of urea groups is 1. The fourth-order valence-corrected chi connectivity index (χ4v) is 3.65. The number of aryl methyl sites for hydroxylation is 1. The molecule has 1 atom stereocenters. The SMILES string of the molecule is Cc1ccc(S(=O)(=O)NC(=O)N2CCC(O)c3ccccc32)cc1. The van der Waals surface area contributed by atoms with Crippen LogP contribution in [0.1, 0.15) is 23.7 Å². The smallest absolute Gasteiger partial charge is 0.335 e. The van der Waals surface area contributed by atoms with E-state index in [4.69, 9.17) is 0 Å². The molecule has 7 heteroatoms. The number of anilines is 1. The maximum atomic E-state index is 12.5. The highest BCUT2D eigenvalue weighted by Crippen LogP contribution is 2.33. The van der Waals surface area contributed by atoms with E-state index >= 15 is 0 Å². The van der Waals surface area contributed by atoms with Crippen molar-refractivity contribution in [2.45, 2.75) is 24.3 Å². The Bertz CT molecular complexity index is 862. The van der Waals surface area contributed by atoms with E-state index in [0.29, 0.717) is 17.7 Å². The predicted octanol–water partition coefficient (Wildman–Crippen LogP) is 2.34. The largest absolute Gasteiger partial charge is 0.388 e. The van der Waals surface area contributed by atoms with E-state index in [1.54, 1.807) is 36.4 Å². The number of hydrogen-bond acceptors (Lipinski definition) is 4.